The molecular weight excluding hydrogens is 208 g/mol. The topological polar surface area (TPSA) is 86.2 Å². The number of hydrogen-bond acceptors (Lipinski definition) is 3. The molecule has 86 valence electrons. The van der Waals surface area contributed by atoms with Gasteiger partial charge in [-0.3, -0.25) is 14.9 Å². The van der Waals surface area contributed by atoms with Crippen LogP contribution in [-0.2, 0) is 0 Å². The van der Waals surface area contributed by atoms with Crippen molar-refractivity contribution in [3.63, 3.8) is 0 Å². The zero-order valence-electron chi connectivity index (χ0n) is 9.75. The van der Waals surface area contributed by atoms with Crippen LogP contribution in [0.2, 0.25) is 0 Å². The highest BCUT2D eigenvalue weighted by atomic mass is 16.6. The molecule has 0 heterocycles. The molecule has 0 aliphatic rings. The van der Waals surface area contributed by atoms with Crippen molar-refractivity contribution in [3.8, 4) is 0 Å². The molecule has 0 radical (unpaired) electrons. The maximum Gasteiger partial charge on any atom is 0.276 e. The van der Waals surface area contributed by atoms with Gasteiger partial charge in [0, 0.05) is 11.1 Å². The number of amides is 1. The van der Waals surface area contributed by atoms with Crippen LogP contribution in [-0.4, -0.2) is 10.8 Å². The Labute approximate surface area is 93.4 Å². The number of nitrogens with two attached hydrogens (primary N) is 1. The van der Waals surface area contributed by atoms with Crippen molar-refractivity contribution in [2.24, 2.45) is 5.73 Å². The Morgan fingerprint density at radius 3 is 1.94 bits per heavy atom. The highest BCUT2D eigenvalue weighted by Gasteiger charge is 2.24. The summed E-state index contributed by atoms with van der Waals surface area (Å²) >= 11 is 0. The first-order valence-electron chi connectivity index (χ1n) is 4.83. The highest BCUT2D eigenvalue weighted by molar-refractivity contribution is 5.97. The number of nitro groups is 1. The zero-order chi connectivity index (χ0) is 12.6. The molecule has 0 unspecified atom stereocenters. The predicted octanol–water partition coefficient (Wildman–Crippen LogP) is 1.93. The fourth-order valence-electron chi connectivity index (χ4n) is 1.97. The largest absolute Gasteiger partial charge is 0.366 e. The fraction of sp³-hybridized carbons (Fsp3) is 0.364. The van der Waals surface area contributed by atoms with Crippen LogP contribution in [0.5, 0.6) is 0 Å². The summed E-state index contributed by atoms with van der Waals surface area (Å²) in [6, 6.07) is 0. The summed E-state index contributed by atoms with van der Waals surface area (Å²) in [5.41, 5.74) is 7.88. The standard InChI is InChI=1S/C11H14N2O3/c1-5-6(2)9(11(12)14)8(4)10(7(5)3)13(15)16/h1-4H3,(H2,12,14). The Morgan fingerprint density at radius 1 is 1.06 bits per heavy atom. The van der Waals surface area contributed by atoms with Crippen LogP contribution in [0.1, 0.15) is 32.6 Å². The number of carbonyl (C=O) groups excluding carboxylic acids is 1. The maximum absolute atomic E-state index is 11.3. The average molecular weight is 222 g/mol. The lowest BCUT2D eigenvalue weighted by molar-refractivity contribution is -0.386. The summed E-state index contributed by atoms with van der Waals surface area (Å²) in [4.78, 5) is 21.7. The molecular formula is C11H14N2O3. The summed E-state index contributed by atoms with van der Waals surface area (Å²) in [6.07, 6.45) is 0. The van der Waals surface area contributed by atoms with E-state index in [0.29, 0.717) is 16.7 Å². The molecule has 0 saturated heterocycles. The minimum absolute atomic E-state index is 0.0168. The molecule has 0 spiro atoms. The van der Waals surface area contributed by atoms with E-state index >= 15 is 0 Å². The third-order valence-corrected chi connectivity index (χ3v) is 3.01. The van der Waals surface area contributed by atoms with Crippen molar-refractivity contribution in [3.05, 3.63) is 37.9 Å². The van der Waals surface area contributed by atoms with Gasteiger partial charge in [0.2, 0.25) is 5.91 Å². The first kappa shape index (κ1) is 12.2. The van der Waals surface area contributed by atoms with Crippen LogP contribution in [0.15, 0.2) is 0 Å². The van der Waals surface area contributed by atoms with E-state index in [1.54, 1.807) is 27.7 Å². The van der Waals surface area contributed by atoms with Gasteiger partial charge in [-0.15, -0.1) is 0 Å². The summed E-state index contributed by atoms with van der Waals surface area (Å²) in [6.45, 7) is 6.73. The van der Waals surface area contributed by atoms with Gasteiger partial charge in [0.25, 0.3) is 5.69 Å². The van der Waals surface area contributed by atoms with Crippen LogP contribution in [0, 0.1) is 37.8 Å². The first-order valence-corrected chi connectivity index (χ1v) is 4.83. The molecule has 0 saturated carbocycles. The lowest BCUT2D eigenvalue weighted by Crippen LogP contribution is -2.17. The minimum atomic E-state index is -0.624. The van der Waals surface area contributed by atoms with Crippen LogP contribution >= 0.6 is 0 Å². The smallest absolute Gasteiger partial charge is 0.276 e. The molecule has 1 amide bonds. The number of nitrogens with zero attached hydrogens (tertiary/aromatic N) is 1. The van der Waals surface area contributed by atoms with Crippen LogP contribution in [0.25, 0.3) is 0 Å². The lowest BCUT2D eigenvalue weighted by Gasteiger charge is -2.13. The molecule has 1 rings (SSSR count). The van der Waals surface area contributed by atoms with Crippen molar-refractivity contribution >= 4 is 11.6 Å². The summed E-state index contributed by atoms with van der Waals surface area (Å²) in [5.74, 6) is -0.624. The van der Waals surface area contributed by atoms with E-state index in [-0.39, 0.29) is 11.3 Å². The van der Waals surface area contributed by atoms with Crippen molar-refractivity contribution < 1.29 is 9.72 Å². The molecule has 0 atom stereocenters. The van der Waals surface area contributed by atoms with E-state index in [4.69, 9.17) is 5.73 Å². The Morgan fingerprint density at radius 2 is 1.56 bits per heavy atom. The van der Waals surface area contributed by atoms with E-state index in [9.17, 15) is 14.9 Å². The summed E-state index contributed by atoms with van der Waals surface area (Å²) in [5, 5.41) is 10.9. The van der Waals surface area contributed by atoms with E-state index in [2.05, 4.69) is 0 Å². The number of nitro benzene ring substituents is 1. The third kappa shape index (κ3) is 1.64. The summed E-state index contributed by atoms with van der Waals surface area (Å²) < 4.78 is 0. The Hall–Kier alpha value is -1.91. The third-order valence-electron chi connectivity index (χ3n) is 3.01. The maximum atomic E-state index is 11.3. The van der Waals surface area contributed by atoms with Gasteiger partial charge in [-0.05, 0) is 38.8 Å². The molecule has 0 aromatic heterocycles. The van der Waals surface area contributed by atoms with Crippen molar-refractivity contribution in [2.45, 2.75) is 27.7 Å². The van der Waals surface area contributed by atoms with Crippen LogP contribution in [0.4, 0.5) is 5.69 Å². The molecule has 5 heteroatoms. The normalized spacial score (nSPS) is 10.2. The molecule has 0 aliphatic heterocycles. The van der Waals surface area contributed by atoms with E-state index in [1.807, 2.05) is 0 Å². The Balaban J connectivity index is 3.80. The molecule has 2 N–H and O–H groups in total. The molecule has 0 aliphatic carbocycles. The van der Waals surface area contributed by atoms with E-state index in [0.717, 1.165) is 5.56 Å². The second-order valence-electron chi connectivity index (χ2n) is 3.84. The Kier molecular flexibility index (Phi) is 2.98. The van der Waals surface area contributed by atoms with Gasteiger partial charge in [0.1, 0.15) is 0 Å². The second-order valence-corrected chi connectivity index (χ2v) is 3.84. The molecule has 1 aromatic rings. The molecule has 1 aromatic carbocycles. The zero-order valence-corrected chi connectivity index (χ0v) is 9.75. The van der Waals surface area contributed by atoms with Gasteiger partial charge in [0.05, 0.1) is 10.5 Å². The van der Waals surface area contributed by atoms with Gasteiger partial charge in [-0.25, -0.2) is 0 Å². The SMILES string of the molecule is Cc1c(C)c(C(N)=O)c(C)c([N+](=O)[O-])c1C. The monoisotopic (exact) mass is 222 g/mol. The van der Waals surface area contributed by atoms with E-state index < -0.39 is 10.8 Å². The molecule has 16 heavy (non-hydrogen) atoms. The predicted molar refractivity (Wildman–Crippen MR) is 60.6 cm³/mol. The van der Waals surface area contributed by atoms with Gasteiger partial charge >= 0.3 is 0 Å². The second kappa shape index (κ2) is 3.92. The number of rotatable bonds is 2. The van der Waals surface area contributed by atoms with Gasteiger partial charge < -0.3 is 5.73 Å². The average Bonchev–Trinajstić information content (AvgIpc) is 2.13. The molecule has 0 fully saturated rings. The van der Waals surface area contributed by atoms with Gasteiger partial charge in [-0.2, -0.15) is 0 Å². The van der Waals surface area contributed by atoms with Crippen molar-refractivity contribution in [1.29, 1.82) is 0 Å². The number of carbonyl (C=O) groups is 1. The quantitative estimate of drug-likeness (QED) is 0.612. The molecule has 0 bridgehead atoms. The summed E-state index contributed by atoms with van der Waals surface area (Å²) in [7, 11) is 0. The van der Waals surface area contributed by atoms with Crippen LogP contribution in [0.3, 0.4) is 0 Å². The number of hydrogen-bond donors (Lipinski definition) is 1. The van der Waals surface area contributed by atoms with E-state index in [1.165, 1.54) is 0 Å². The van der Waals surface area contributed by atoms with Crippen molar-refractivity contribution in [1.82, 2.24) is 0 Å². The van der Waals surface area contributed by atoms with Gasteiger partial charge in [0.15, 0.2) is 0 Å². The van der Waals surface area contributed by atoms with Crippen molar-refractivity contribution in [2.75, 3.05) is 0 Å². The highest BCUT2D eigenvalue weighted by Crippen LogP contribution is 2.31. The minimum Gasteiger partial charge on any atom is -0.366 e. The van der Waals surface area contributed by atoms with Gasteiger partial charge in [-0.1, -0.05) is 0 Å². The fourth-order valence-corrected chi connectivity index (χ4v) is 1.97. The number of benzene rings is 1. The molecule has 5 nitrogen and oxygen atoms in total. The Bertz CT molecular complexity index is 451. The lowest BCUT2D eigenvalue weighted by atomic mass is 9.92. The number of primary amides is 1. The van der Waals surface area contributed by atoms with Crippen LogP contribution < -0.4 is 5.73 Å². The first-order chi connectivity index (χ1) is 7.29.